The molecule has 1 unspecified atom stereocenters. The molecule has 0 N–H and O–H groups in total. The average Bonchev–Trinajstić information content (AvgIpc) is 2.60. The Bertz CT molecular complexity index is 928. The average molecular weight is 379 g/mol. The van der Waals surface area contributed by atoms with Gasteiger partial charge in [0.25, 0.3) is 0 Å². The first-order chi connectivity index (χ1) is 12.6. The normalized spacial score (nSPS) is 12.3. The monoisotopic (exact) mass is 378 g/mol. The Labute approximate surface area is 166 Å². The van der Waals surface area contributed by atoms with Gasteiger partial charge in [0, 0.05) is 0 Å². The van der Waals surface area contributed by atoms with E-state index in [-0.39, 0.29) is 0 Å². The van der Waals surface area contributed by atoms with Gasteiger partial charge in [-0.3, -0.25) is 8.97 Å². The van der Waals surface area contributed by atoms with Crippen molar-refractivity contribution in [3.05, 3.63) is 66.7 Å². The van der Waals surface area contributed by atoms with Crippen LogP contribution in [-0.2, 0) is 0 Å². The summed E-state index contributed by atoms with van der Waals surface area (Å²) in [5, 5.41) is 1.22. The Balaban J connectivity index is 2.08. The van der Waals surface area contributed by atoms with Crippen LogP contribution in [0.2, 0.25) is 0 Å². The molecule has 3 rings (SSSR count). The van der Waals surface area contributed by atoms with E-state index >= 15 is 0 Å². The minimum Gasteiger partial charge on any atom is -0.298 e. The third kappa shape index (κ3) is 4.30. The fourth-order valence-electron chi connectivity index (χ4n) is 3.30. The number of hydrogen-bond acceptors (Lipinski definition) is 0. The molecule has 3 aromatic rings. The van der Waals surface area contributed by atoms with Crippen molar-refractivity contribution in [2.75, 3.05) is 42.3 Å². The van der Waals surface area contributed by atoms with Gasteiger partial charge in [-0.05, 0) is 76.1 Å². The van der Waals surface area contributed by atoms with Gasteiger partial charge in [-0.25, -0.2) is 0 Å². The Kier molecular flexibility index (Phi) is 5.27. The summed E-state index contributed by atoms with van der Waals surface area (Å²) in [5.41, 5.74) is 7.66. The maximum absolute atomic E-state index is 2.90. The molecule has 1 atom stereocenters. The molecule has 0 bridgehead atoms. The molecule has 0 saturated carbocycles. The molecule has 140 valence electrons. The summed E-state index contributed by atoms with van der Waals surface area (Å²) in [6.45, 7) is 0. The highest BCUT2D eigenvalue weighted by Gasteiger charge is 2.16. The van der Waals surface area contributed by atoms with Gasteiger partial charge >= 0.3 is 0 Å². The molecule has 3 heteroatoms. The van der Waals surface area contributed by atoms with E-state index in [2.05, 4.69) is 118 Å². The molecule has 0 aliphatic heterocycles. The number of quaternary nitrogens is 2. The van der Waals surface area contributed by atoms with Crippen molar-refractivity contribution in [2.45, 2.75) is 0 Å². The van der Waals surface area contributed by atoms with Crippen LogP contribution in [0.4, 0.5) is 11.4 Å². The second-order valence-electron chi connectivity index (χ2n) is 8.89. The van der Waals surface area contributed by atoms with Crippen LogP contribution in [0, 0.1) is 0 Å². The second kappa shape index (κ2) is 7.20. The van der Waals surface area contributed by atoms with Crippen molar-refractivity contribution in [2.24, 2.45) is 0 Å². The molecule has 27 heavy (non-hydrogen) atoms. The first-order valence-corrected chi connectivity index (χ1v) is 9.88. The first kappa shape index (κ1) is 19.8. The van der Waals surface area contributed by atoms with Crippen LogP contribution in [-0.4, -0.2) is 42.3 Å². The molecule has 0 aliphatic rings. The van der Waals surface area contributed by atoms with Gasteiger partial charge in [0.05, 0.1) is 42.3 Å². The van der Waals surface area contributed by atoms with E-state index < -0.39 is 0 Å². The number of nitrogens with zero attached hydrogens (tertiary/aromatic N) is 2. The molecule has 0 heterocycles. The van der Waals surface area contributed by atoms with Crippen LogP contribution in [0.3, 0.4) is 0 Å². The molecule has 0 radical (unpaired) electrons. The molecule has 0 fully saturated rings. The molecule has 0 aromatic heterocycles. The summed E-state index contributed by atoms with van der Waals surface area (Å²) in [7, 11) is 16.1. The minimum absolute atomic E-state index is 0.822. The SMILES string of the molecule is C[N+](C)(C)c1ccc(-c2cccc(P)c2-c2ccc([N+](C)(C)C)cc2)cc1. The van der Waals surface area contributed by atoms with Gasteiger partial charge < -0.3 is 0 Å². The minimum atomic E-state index is 0.822. The van der Waals surface area contributed by atoms with E-state index in [1.807, 2.05) is 0 Å². The molecule has 3 aromatic carbocycles. The van der Waals surface area contributed by atoms with E-state index in [0.717, 1.165) is 8.97 Å². The molecular formula is C24H31N2P+2. The fourth-order valence-corrected chi connectivity index (χ4v) is 3.73. The Morgan fingerprint density at radius 2 is 1.00 bits per heavy atom. The van der Waals surface area contributed by atoms with Crippen molar-refractivity contribution in [1.29, 1.82) is 0 Å². The molecule has 0 saturated heterocycles. The molecule has 0 amide bonds. The second-order valence-corrected chi connectivity index (χ2v) is 9.51. The van der Waals surface area contributed by atoms with Crippen LogP contribution in [0.1, 0.15) is 0 Å². The molecular weight excluding hydrogens is 347 g/mol. The summed E-state index contributed by atoms with van der Waals surface area (Å²) in [4.78, 5) is 0. The van der Waals surface area contributed by atoms with Crippen molar-refractivity contribution < 1.29 is 0 Å². The standard InChI is InChI=1S/C24H31N2P/c1-25(2,3)20-14-10-18(11-15-20)22-8-7-9-23(27)24(22)19-12-16-21(17-13-19)26(4,5)6/h7-17H,27H2,1-6H3/q+2. The van der Waals surface area contributed by atoms with Gasteiger partial charge in [0.2, 0.25) is 0 Å². The van der Waals surface area contributed by atoms with Crippen molar-refractivity contribution in [3.8, 4) is 22.3 Å². The highest BCUT2D eigenvalue weighted by atomic mass is 31.0. The first-order valence-electron chi connectivity index (χ1n) is 9.31. The topological polar surface area (TPSA) is 0 Å². The van der Waals surface area contributed by atoms with Crippen LogP contribution in [0.25, 0.3) is 22.3 Å². The van der Waals surface area contributed by atoms with E-state index in [9.17, 15) is 0 Å². The lowest BCUT2D eigenvalue weighted by atomic mass is 9.94. The van der Waals surface area contributed by atoms with Crippen molar-refractivity contribution >= 4 is 25.9 Å². The largest absolute Gasteiger partial charge is 0.298 e. The van der Waals surface area contributed by atoms with Crippen molar-refractivity contribution in [1.82, 2.24) is 8.97 Å². The van der Waals surface area contributed by atoms with Gasteiger partial charge in [0.15, 0.2) is 0 Å². The zero-order valence-corrected chi connectivity index (χ0v) is 18.5. The molecule has 2 nitrogen and oxygen atoms in total. The lowest BCUT2D eigenvalue weighted by molar-refractivity contribution is 0.486. The summed E-state index contributed by atoms with van der Waals surface area (Å²) in [6.07, 6.45) is 0. The number of hydrogen-bond donors (Lipinski definition) is 0. The van der Waals surface area contributed by atoms with Crippen LogP contribution < -0.4 is 14.3 Å². The zero-order chi connectivity index (χ0) is 19.8. The zero-order valence-electron chi connectivity index (χ0n) is 17.3. The Morgan fingerprint density at radius 3 is 1.44 bits per heavy atom. The Morgan fingerprint density at radius 1 is 0.556 bits per heavy atom. The van der Waals surface area contributed by atoms with E-state index in [1.165, 1.54) is 38.9 Å². The highest BCUT2D eigenvalue weighted by molar-refractivity contribution is 7.28. The van der Waals surface area contributed by atoms with Crippen molar-refractivity contribution in [3.63, 3.8) is 0 Å². The maximum Gasteiger partial charge on any atom is 0.132 e. The third-order valence-electron chi connectivity index (χ3n) is 4.98. The van der Waals surface area contributed by atoms with Gasteiger partial charge in [0.1, 0.15) is 11.4 Å². The maximum atomic E-state index is 2.90. The summed E-state index contributed by atoms with van der Waals surface area (Å²) in [5.74, 6) is 0. The molecule has 0 spiro atoms. The van der Waals surface area contributed by atoms with E-state index in [0.29, 0.717) is 0 Å². The predicted octanol–water partition coefficient (Wildman–Crippen LogP) is 4.91. The summed E-state index contributed by atoms with van der Waals surface area (Å²) >= 11 is 0. The van der Waals surface area contributed by atoms with Gasteiger partial charge in [-0.1, -0.05) is 18.2 Å². The highest BCUT2D eigenvalue weighted by Crippen LogP contribution is 2.34. The van der Waals surface area contributed by atoms with Gasteiger partial charge in [-0.2, -0.15) is 0 Å². The van der Waals surface area contributed by atoms with Crippen LogP contribution >= 0.6 is 9.24 Å². The van der Waals surface area contributed by atoms with Crippen LogP contribution in [0.15, 0.2) is 66.7 Å². The van der Waals surface area contributed by atoms with Crippen LogP contribution in [0.5, 0.6) is 0 Å². The predicted molar refractivity (Wildman–Crippen MR) is 126 cm³/mol. The number of benzene rings is 3. The summed E-state index contributed by atoms with van der Waals surface area (Å²) < 4.78 is 1.64. The number of rotatable bonds is 4. The fraction of sp³-hybridized carbons (Fsp3) is 0.250. The Hall–Kier alpha value is -1.99. The van der Waals surface area contributed by atoms with Gasteiger partial charge in [-0.15, -0.1) is 9.24 Å². The van der Waals surface area contributed by atoms with E-state index in [1.54, 1.807) is 0 Å². The molecule has 0 aliphatic carbocycles. The smallest absolute Gasteiger partial charge is 0.132 e. The lowest BCUT2D eigenvalue weighted by Crippen LogP contribution is -2.34. The van der Waals surface area contributed by atoms with E-state index in [4.69, 9.17) is 0 Å². The quantitative estimate of drug-likeness (QED) is 0.447. The summed E-state index contributed by atoms with van der Waals surface area (Å²) in [6, 6.07) is 24.4. The lowest BCUT2D eigenvalue weighted by Gasteiger charge is -2.24. The third-order valence-corrected chi connectivity index (χ3v) is 5.46.